The van der Waals surface area contributed by atoms with E-state index >= 15 is 0 Å². The third kappa shape index (κ3) is 5.84. The van der Waals surface area contributed by atoms with Gasteiger partial charge in [-0.05, 0) is 59.4 Å². The highest BCUT2D eigenvalue weighted by Crippen LogP contribution is 2.38. The van der Waals surface area contributed by atoms with Crippen LogP contribution in [0.1, 0.15) is 63.5 Å². The van der Waals surface area contributed by atoms with E-state index in [9.17, 15) is 14.0 Å². The van der Waals surface area contributed by atoms with E-state index in [4.69, 9.17) is 14.6 Å². The number of methoxy groups -OCH3 is 2. The van der Waals surface area contributed by atoms with E-state index in [0.717, 1.165) is 16.8 Å². The number of benzene rings is 2. The van der Waals surface area contributed by atoms with Crippen LogP contribution in [0.25, 0.3) is 5.82 Å². The summed E-state index contributed by atoms with van der Waals surface area (Å²) in [6.45, 7) is 4.49. The lowest BCUT2D eigenvalue weighted by Gasteiger charge is -2.29. The van der Waals surface area contributed by atoms with Gasteiger partial charge in [0.2, 0.25) is 0 Å². The predicted molar refractivity (Wildman–Crippen MR) is 152 cm³/mol. The molecular weight excluding hydrogens is 523 g/mol. The summed E-state index contributed by atoms with van der Waals surface area (Å²) in [5.41, 5.74) is 4.09. The Balaban J connectivity index is 1.45. The molecule has 0 spiro atoms. The highest BCUT2D eigenvalue weighted by molar-refractivity contribution is 6.00. The summed E-state index contributed by atoms with van der Waals surface area (Å²) in [7, 11) is 4.87. The minimum atomic E-state index is -0.319. The SMILES string of the molecule is COc1ccc(Cc2nn(-c3ccc(C(=O)N(C)Cc4ccc(F)cc4)cn3)c3c2C(=O)CC(C)(C)C3)cc1OC. The van der Waals surface area contributed by atoms with Crippen LogP contribution in [0.5, 0.6) is 11.5 Å². The number of aromatic nitrogens is 3. The Kier molecular flexibility index (Phi) is 7.62. The van der Waals surface area contributed by atoms with Gasteiger partial charge in [0, 0.05) is 32.6 Å². The molecule has 0 saturated heterocycles. The molecule has 9 heteroatoms. The van der Waals surface area contributed by atoms with Crippen molar-refractivity contribution in [3.8, 4) is 17.3 Å². The number of Topliss-reactive ketones (excluding diaryl/α,β-unsaturated/α-hetero) is 1. The number of ether oxygens (including phenoxy) is 2. The van der Waals surface area contributed by atoms with Gasteiger partial charge in [0.05, 0.1) is 36.7 Å². The summed E-state index contributed by atoms with van der Waals surface area (Å²) in [4.78, 5) is 32.6. The molecule has 212 valence electrons. The molecule has 0 radical (unpaired) electrons. The lowest BCUT2D eigenvalue weighted by molar-refractivity contribution is 0.0784. The number of hydrogen-bond acceptors (Lipinski definition) is 6. The van der Waals surface area contributed by atoms with Crippen LogP contribution in [0.15, 0.2) is 60.8 Å². The molecule has 1 amide bonds. The molecule has 5 rings (SSSR count). The Bertz CT molecular complexity index is 1590. The van der Waals surface area contributed by atoms with Gasteiger partial charge in [-0.3, -0.25) is 9.59 Å². The molecule has 0 bridgehead atoms. The fourth-order valence-corrected chi connectivity index (χ4v) is 5.32. The Morgan fingerprint density at radius 1 is 1.00 bits per heavy atom. The van der Waals surface area contributed by atoms with E-state index in [1.807, 2.05) is 18.2 Å². The lowest BCUT2D eigenvalue weighted by Crippen LogP contribution is -2.28. The van der Waals surface area contributed by atoms with E-state index in [1.54, 1.807) is 55.1 Å². The van der Waals surface area contributed by atoms with Crippen LogP contribution >= 0.6 is 0 Å². The van der Waals surface area contributed by atoms with Crippen molar-refractivity contribution in [2.45, 2.75) is 39.7 Å². The average Bonchev–Trinajstić information content (AvgIpc) is 3.30. The highest BCUT2D eigenvalue weighted by Gasteiger charge is 2.37. The molecule has 1 aliphatic carbocycles. The van der Waals surface area contributed by atoms with Crippen molar-refractivity contribution in [3.05, 3.63) is 100 Å². The van der Waals surface area contributed by atoms with Crippen molar-refractivity contribution >= 4 is 11.7 Å². The van der Waals surface area contributed by atoms with Gasteiger partial charge in [0.15, 0.2) is 23.1 Å². The van der Waals surface area contributed by atoms with Gasteiger partial charge in [0.1, 0.15) is 5.82 Å². The molecule has 4 aromatic rings. The average molecular weight is 557 g/mol. The molecule has 0 N–H and O–H groups in total. The first kappa shape index (κ1) is 28.0. The molecule has 2 aromatic carbocycles. The van der Waals surface area contributed by atoms with Gasteiger partial charge < -0.3 is 14.4 Å². The van der Waals surface area contributed by atoms with Crippen LogP contribution in [0.3, 0.4) is 0 Å². The minimum absolute atomic E-state index is 0.0622. The van der Waals surface area contributed by atoms with Crippen LogP contribution in [-0.2, 0) is 19.4 Å². The molecule has 0 fully saturated rings. The van der Waals surface area contributed by atoms with Crippen molar-refractivity contribution in [1.29, 1.82) is 0 Å². The lowest BCUT2D eigenvalue weighted by atomic mass is 9.75. The number of carbonyl (C=O) groups excluding carboxylic acids is 2. The molecular formula is C32H33FN4O4. The Morgan fingerprint density at radius 2 is 1.71 bits per heavy atom. The number of halogens is 1. The van der Waals surface area contributed by atoms with Crippen LogP contribution in [-0.4, -0.2) is 52.6 Å². The van der Waals surface area contributed by atoms with Crippen molar-refractivity contribution in [3.63, 3.8) is 0 Å². The second-order valence-corrected chi connectivity index (χ2v) is 11.2. The maximum Gasteiger partial charge on any atom is 0.255 e. The van der Waals surface area contributed by atoms with Crippen molar-refractivity contribution in [1.82, 2.24) is 19.7 Å². The first-order valence-electron chi connectivity index (χ1n) is 13.4. The Labute approximate surface area is 238 Å². The predicted octanol–water partition coefficient (Wildman–Crippen LogP) is 5.44. The van der Waals surface area contributed by atoms with E-state index in [1.165, 1.54) is 18.3 Å². The summed E-state index contributed by atoms with van der Waals surface area (Å²) >= 11 is 0. The van der Waals surface area contributed by atoms with Crippen molar-refractivity contribution in [2.75, 3.05) is 21.3 Å². The molecule has 2 aromatic heterocycles. The quantitative estimate of drug-likeness (QED) is 0.287. The van der Waals surface area contributed by atoms with Crippen LogP contribution in [0, 0.1) is 11.2 Å². The van der Waals surface area contributed by atoms with Crippen LogP contribution in [0.4, 0.5) is 4.39 Å². The fraction of sp³-hybridized carbons (Fsp3) is 0.312. The van der Waals surface area contributed by atoms with E-state index < -0.39 is 0 Å². The Hall–Kier alpha value is -4.53. The largest absolute Gasteiger partial charge is 0.493 e. The zero-order valence-electron chi connectivity index (χ0n) is 23.9. The fourth-order valence-electron chi connectivity index (χ4n) is 5.32. The summed E-state index contributed by atoms with van der Waals surface area (Å²) < 4.78 is 25.8. The Morgan fingerprint density at radius 3 is 2.37 bits per heavy atom. The number of nitrogens with zero attached hydrogens (tertiary/aromatic N) is 4. The molecule has 0 saturated carbocycles. The first-order valence-corrected chi connectivity index (χ1v) is 13.4. The molecule has 0 aliphatic heterocycles. The zero-order chi connectivity index (χ0) is 29.3. The van der Waals surface area contributed by atoms with Gasteiger partial charge >= 0.3 is 0 Å². The van der Waals surface area contributed by atoms with E-state index in [0.29, 0.717) is 59.9 Å². The topological polar surface area (TPSA) is 86.6 Å². The second-order valence-electron chi connectivity index (χ2n) is 11.2. The molecule has 0 unspecified atom stereocenters. The second kappa shape index (κ2) is 11.2. The van der Waals surface area contributed by atoms with Gasteiger partial charge in [-0.25, -0.2) is 14.1 Å². The number of amides is 1. The molecule has 2 heterocycles. The van der Waals surface area contributed by atoms with Gasteiger partial charge in [0.25, 0.3) is 5.91 Å². The van der Waals surface area contributed by atoms with Crippen LogP contribution in [0.2, 0.25) is 0 Å². The number of fused-ring (bicyclic) bond motifs is 1. The maximum atomic E-state index is 13.4. The number of hydrogen-bond donors (Lipinski definition) is 0. The zero-order valence-corrected chi connectivity index (χ0v) is 23.9. The molecule has 0 atom stereocenters. The first-order chi connectivity index (χ1) is 19.6. The van der Waals surface area contributed by atoms with Crippen LogP contribution < -0.4 is 9.47 Å². The van der Waals surface area contributed by atoms with E-state index in [-0.39, 0.29) is 22.9 Å². The smallest absolute Gasteiger partial charge is 0.255 e. The standard InChI is InChI=1S/C32H33FN4O4/c1-32(2)16-25-30(26(38)17-32)24(14-21-8-12-27(40-4)28(15-21)41-5)35-37(25)29-13-9-22(18-34-29)31(39)36(3)19-20-6-10-23(33)11-7-20/h6-13,15,18H,14,16-17,19H2,1-5H3. The third-order valence-corrected chi connectivity index (χ3v) is 7.33. The minimum Gasteiger partial charge on any atom is -0.493 e. The summed E-state index contributed by atoms with van der Waals surface area (Å²) in [5, 5.41) is 4.88. The molecule has 41 heavy (non-hydrogen) atoms. The number of pyridine rings is 1. The third-order valence-electron chi connectivity index (χ3n) is 7.33. The van der Waals surface area contributed by atoms with Crippen molar-refractivity contribution < 1.29 is 23.5 Å². The highest BCUT2D eigenvalue weighted by atomic mass is 19.1. The van der Waals surface area contributed by atoms with E-state index in [2.05, 4.69) is 18.8 Å². The van der Waals surface area contributed by atoms with Gasteiger partial charge in [-0.2, -0.15) is 5.10 Å². The maximum absolute atomic E-state index is 13.4. The molecule has 1 aliphatic rings. The van der Waals surface area contributed by atoms with Gasteiger partial charge in [-0.1, -0.05) is 32.0 Å². The number of ketones is 1. The summed E-state index contributed by atoms with van der Waals surface area (Å²) in [6, 6.07) is 15.2. The van der Waals surface area contributed by atoms with Crippen molar-refractivity contribution in [2.24, 2.45) is 5.41 Å². The summed E-state index contributed by atoms with van der Waals surface area (Å²) in [6.07, 6.45) is 3.06. The van der Waals surface area contributed by atoms with Gasteiger partial charge in [-0.15, -0.1) is 0 Å². The monoisotopic (exact) mass is 556 g/mol. The molecule has 8 nitrogen and oxygen atoms in total. The number of carbonyl (C=O) groups is 2. The number of rotatable bonds is 8. The normalized spacial score (nSPS) is 14.0. The summed E-state index contributed by atoms with van der Waals surface area (Å²) in [5.74, 6) is 1.30.